The maximum Gasteiger partial charge on any atom is 0.426 e. The van der Waals surface area contributed by atoms with Gasteiger partial charge in [-0.15, -0.1) is 0 Å². The van der Waals surface area contributed by atoms with E-state index in [9.17, 15) is 31.1 Å². The molecule has 11 heteroatoms. The van der Waals surface area contributed by atoms with Crippen molar-refractivity contribution in [2.45, 2.75) is 26.6 Å². The van der Waals surface area contributed by atoms with Crippen molar-refractivity contribution in [2.75, 3.05) is 14.2 Å². The highest BCUT2D eigenvalue weighted by atomic mass is 35.5. The molecule has 0 aromatic heterocycles. The molecule has 2 rings (SSSR count). The van der Waals surface area contributed by atoms with Crippen LogP contribution in [-0.2, 0) is 16.1 Å². The summed E-state index contributed by atoms with van der Waals surface area (Å²) in [6, 6.07) is 0. The van der Waals surface area contributed by atoms with Crippen molar-refractivity contribution >= 4 is 17.6 Å². The topological polar surface area (TPSA) is 44.8 Å². The predicted octanol–water partition coefficient (Wildman–Crippen LogP) is 5.12. The van der Waals surface area contributed by atoms with Crippen molar-refractivity contribution in [1.82, 2.24) is 0 Å². The Kier molecular flexibility index (Phi) is 6.37. The Bertz CT molecular complexity index is 850. The summed E-state index contributed by atoms with van der Waals surface area (Å²) in [6.45, 7) is 2.14. The predicted molar refractivity (Wildman–Crippen MR) is 90.0 cm³/mol. The molecule has 0 N–H and O–H groups in total. The number of benzene rings is 1. The van der Waals surface area contributed by atoms with Gasteiger partial charge in [0.2, 0.25) is 11.6 Å². The number of halogens is 7. The van der Waals surface area contributed by atoms with E-state index < -0.39 is 75.5 Å². The second-order valence-corrected chi connectivity index (χ2v) is 7.34. The number of alkyl halides is 3. The van der Waals surface area contributed by atoms with E-state index in [2.05, 4.69) is 4.74 Å². The Balaban J connectivity index is 2.22. The molecular formula is C18H17ClF6O4. The second kappa shape index (κ2) is 7.97. The fraction of sp³-hybridized carbons (Fsp3) is 0.500. The van der Waals surface area contributed by atoms with Gasteiger partial charge in [0.25, 0.3) is 0 Å². The third-order valence-corrected chi connectivity index (χ3v) is 5.20. The zero-order chi connectivity index (χ0) is 22.3. The van der Waals surface area contributed by atoms with E-state index in [-0.39, 0.29) is 0 Å². The maximum atomic E-state index is 14.2. The van der Waals surface area contributed by atoms with Gasteiger partial charge in [0.1, 0.15) is 11.6 Å². The number of esters is 1. The van der Waals surface area contributed by atoms with Gasteiger partial charge in [-0.3, -0.25) is 4.79 Å². The summed E-state index contributed by atoms with van der Waals surface area (Å²) in [7, 11) is 1.92. The highest BCUT2D eigenvalue weighted by Crippen LogP contribution is 2.60. The molecule has 1 aliphatic carbocycles. The molecule has 0 amide bonds. The fourth-order valence-electron chi connectivity index (χ4n) is 3.11. The van der Waals surface area contributed by atoms with Gasteiger partial charge in [0.15, 0.2) is 17.3 Å². The average Bonchev–Trinajstić information content (AvgIpc) is 3.16. The van der Waals surface area contributed by atoms with Crippen LogP contribution in [0.3, 0.4) is 0 Å². The maximum absolute atomic E-state index is 14.2. The third-order valence-electron chi connectivity index (χ3n) is 4.86. The molecule has 0 spiro atoms. The van der Waals surface area contributed by atoms with Crippen LogP contribution in [0.4, 0.5) is 26.3 Å². The van der Waals surface area contributed by atoms with E-state index in [1.807, 2.05) is 0 Å². The minimum Gasteiger partial charge on any atom is -0.493 e. The van der Waals surface area contributed by atoms with Crippen LogP contribution in [0.15, 0.2) is 11.1 Å². The lowest BCUT2D eigenvalue weighted by molar-refractivity contribution is -0.147. The van der Waals surface area contributed by atoms with Crippen molar-refractivity contribution in [2.24, 2.45) is 17.3 Å². The highest BCUT2D eigenvalue weighted by molar-refractivity contribution is 6.30. The van der Waals surface area contributed by atoms with Crippen LogP contribution in [-0.4, -0.2) is 26.4 Å². The molecule has 1 aromatic rings. The van der Waals surface area contributed by atoms with Crippen LogP contribution in [0.1, 0.15) is 19.4 Å². The summed E-state index contributed by atoms with van der Waals surface area (Å²) in [5.41, 5.74) is -1.61. The molecule has 0 bridgehead atoms. The van der Waals surface area contributed by atoms with Crippen LogP contribution >= 0.6 is 11.6 Å². The van der Waals surface area contributed by atoms with Gasteiger partial charge in [-0.1, -0.05) is 31.5 Å². The summed E-state index contributed by atoms with van der Waals surface area (Å²) in [6.07, 6.45) is -4.05. The zero-order valence-corrected chi connectivity index (χ0v) is 16.5. The van der Waals surface area contributed by atoms with Crippen LogP contribution < -0.4 is 9.47 Å². The molecule has 0 unspecified atom stereocenters. The second-order valence-electron chi connectivity index (χ2n) is 6.93. The lowest BCUT2D eigenvalue weighted by atomic mass is 10.1. The van der Waals surface area contributed by atoms with Crippen LogP contribution in [0.25, 0.3) is 0 Å². The van der Waals surface area contributed by atoms with Gasteiger partial charge in [-0.2, -0.15) is 22.0 Å². The molecule has 2 atom stereocenters. The average molecular weight is 447 g/mol. The van der Waals surface area contributed by atoms with Crippen molar-refractivity contribution in [3.63, 3.8) is 0 Å². The van der Waals surface area contributed by atoms with Crippen LogP contribution in [0.5, 0.6) is 11.5 Å². The molecule has 162 valence electrons. The van der Waals surface area contributed by atoms with Gasteiger partial charge in [-0.25, -0.2) is 4.39 Å². The van der Waals surface area contributed by atoms with Gasteiger partial charge >= 0.3 is 12.1 Å². The monoisotopic (exact) mass is 446 g/mol. The molecule has 4 nitrogen and oxygen atoms in total. The SMILES string of the molecule is COc1c(F)c(F)c(COC(=O)[C@@H]2[C@H](C=C(Cl)C(F)(F)F)C2(C)C)c(OC)c1F. The first-order valence-corrected chi connectivity index (χ1v) is 8.55. The van der Waals surface area contributed by atoms with Crippen molar-refractivity contribution in [1.29, 1.82) is 0 Å². The molecular weight excluding hydrogens is 430 g/mol. The standard InChI is InChI=1S/C18H17ClF6O4/c1-17(2)8(5-9(19)18(23,24)25)10(17)16(26)29-6-7-11(20)12(21)15(28-4)13(22)14(7)27-3/h5,8,10H,6H2,1-4H3/t8-,10-/m0/s1. The molecule has 0 heterocycles. The molecule has 0 radical (unpaired) electrons. The van der Waals surface area contributed by atoms with E-state index in [0.29, 0.717) is 6.08 Å². The fourth-order valence-corrected chi connectivity index (χ4v) is 3.24. The van der Waals surface area contributed by atoms with E-state index in [1.165, 1.54) is 13.8 Å². The smallest absolute Gasteiger partial charge is 0.426 e. The Hall–Kier alpha value is -2.10. The van der Waals surface area contributed by atoms with E-state index in [1.54, 1.807) is 0 Å². The Morgan fingerprint density at radius 2 is 1.62 bits per heavy atom. The number of methoxy groups -OCH3 is 2. The van der Waals surface area contributed by atoms with Crippen LogP contribution in [0, 0.1) is 34.7 Å². The summed E-state index contributed by atoms with van der Waals surface area (Å²) in [4.78, 5) is 12.3. The number of hydrogen-bond donors (Lipinski definition) is 0. The van der Waals surface area contributed by atoms with Crippen LogP contribution in [0.2, 0.25) is 0 Å². The lowest BCUT2D eigenvalue weighted by Crippen LogP contribution is -2.13. The molecule has 29 heavy (non-hydrogen) atoms. The molecule has 0 aliphatic heterocycles. The zero-order valence-electron chi connectivity index (χ0n) is 15.7. The van der Waals surface area contributed by atoms with Gasteiger partial charge < -0.3 is 14.2 Å². The minimum absolute atomic E-state index is 0.710. The number of ether oxygens (including phenoxy) is 3. The summed E-state index contributed by atoms with van der Waals surface area (Å²) in [5, 5.41) is -1.38. The number of allylic oxidation sites excluding steroid dienone is 2. The van der Waals surface area contributed by atoms with Crippen molar-refractivity contribution in [3.8, 4) is 11.5 Å². The first kappa shape index (κ1) is 23.2. The first-order valence-electron chi connectivity index (χ1n) is 8.17. The first-order chi connectivity index (χ1) is 13.3. The third kappa shape index (κ3) is 4.26. The van der Waals surface area contributed by atoms with Gasteiger partial charge in [0, 0.05) is 0 Å². The van der Waals surface area contributed by atoms with E-state index in [4.69, 9.17) is 21.1 Å². The van der Waals surface area contributed by atoms with E-state index in [0.717, 1.165) is 14.2 Å². The molecule has 1 saturated carbocycles. The van der Waals surface area contributed by atoms with Crippen molar-refractivity contribution in [3.05, 3.63) is 34.1 Å². The largest absolute Gasteiger partial charge is 0.493 e. The number of carbonyl (C=O) groups is 1. The molecule has 1 aromatic carbocycles. The van der Waals surface area contributed by atoms with Gasteiger partial charge in [-0.05, 0) is 11.3 Å². The number of rotatable bonds is 6. The quantitative estimate of drug-likeness (QED) is 0.345. The minimum atomic E-state index is -4.76. The Morgan fingerprint density at radius 1 is 1.07 bits per heavy atom. The molecule has 1 fully saturated rings. The molecule has 1 aliphatic rings. The van der Waals surface area contributed by atoms with Crippen molar-refractivity contribution < 1.29 is 45.3 Å². The summed E-state index contributed by atoms with van der Waals surface area (Å²) in [5.74, 6) is -9.09. The Labute approximate surface area is 167 Å². The molecule has 0 saturated heterocycles. The summed E-state index contributed by atoms with van der Waals surface area (Å²) >= 11 is 5.21. The van der Waals surface area contributed by atoms with Gasteiger partial charge in [0.05, 0.1) is 25.7 Å². The lowest BCUT2D eigenvalue weighted by Gasteiger charge is -2.15. The normalized spacial score (nSPS) is 21.0. The van der Waals surface area contributed by atoms with E-state index >= 15 is 0 Å². The Morgan fingerprint density at radius 3 is 2.10 bits per heavy atom. The summed E-state index contributed by atoms with van der Waals surface area (Å²) < 4.78 is 94.2. The number of carbonyl (C=O) groups excluding carboxylic acids is 1. The number of hydrogen-bond acceptors (Lipinski definition) is 4. The highest BCUT2D eigenvalue weighted by Gasteiger charge is 2.62.